The predicted molar refractivity (Wildman–Crippen MR) is 110 cm³/mol. The average molecular weight is 418 g/mol. The molecule has 9 heteroatoms. The largest absolute Gasteiger partial charge is 0.497 e. The summed E-state index contributed by atoms with van der Waals surface area (Å²) in [5, 5.41) is 7.60. The Hall–Kier alpha value is -4.19. The molecular formula is C22H18N4O5. The molecule has 0 radical (unpaired) electrons. The van der Waals surface area contributed by atoms with Crippen molar-refractivity contribution in [1.82, 2.24) is 15.5 Å². The van der Waals surface area contributed by atoms with Gasteiger partial charge in [0.2, 0.25) is 5.54 Å². The summed E-state index contributed by atoms with van der Waals surface area (Å²) in [6, 6.07) is 11.3. The molecule has 0 bridgehead atoms. The van der Waals surface area contributed by atoms with Crippen LogP contribution in [0.4, 0.5) is 4.79 Å². The Morgan fingerprint density at radius 1 is 1.16 bits per heavy atom. The number of carbonyl (C=O) groups is 3. The van der Waals surface area contributed by atoms with E-state index in [0.29, 0.717) is 16.9 Å². The Bertz CT molecular complexity index is 1150. The number of hydrogen-bond donors (Lipinski definition) is 2. The SMILES string of the molecule is COc1ccc2c(c1)C(=O)N(C[C@@]1(C#Cc3ccc(CN=O)cc3)NC(=O)NC1=O)C2. The van der Waals surface area contributed by atoms with Gasteiger partial charge in [0.05, 0.1) is 13.7 Å². The monoisotopic (exact) mass is 418 g/mol. The maximum absolute atomic E-state index is 12.9. The molecule has 31 heavy (non-hydrogen) atoms. The maximum Gasteiger partial charge on any atom is 0.323 e. The first kappa shape index (κ1) is 20.1. The second kappa shape index (κ2) is 7.91. The quantitative estimate of drug-likeness (QED) is 0.434. The van der Waals surface area contributed by atoms with Crippen LogP contribution in [-0.2, 0) is 17.9 Å². The molecule has 2 aliphatic heterocycles. The number of hydrogen-bond acceptors (Lipinski definition) is 6. The smallest absolute Gasteiger partial charge is 0.323 e. The molecule has 1 fully saturated rings. The van der Waals surface area contributed by atoms with Crippen LogP contribution in [0.5, 0.6) is 5.75 Å². The van der Waals surface area contributed by atoms with Gasteiger partial charge in [-0.15, -0.1) is 0 Å². The molecule has 4 rings (SSSR count). The summed E-state index contributed by atoms with van der Waals surface area (Å²) in [5.41, 5.74) is 1.04. The predicted octanol–water partition coefficient (Wildman–Crippen LogP) is 1.55. The van der Waals surface area contributed by atoms with E-state index in [1.807, 2.05) is 0 Å². The molecule has 156 valence electrons. The summed E-state index contributed by atoms with van der Waals surface area (Å²) in [4.78, 5) is 49.3. The van der Waals surface area contributed by atoms with Crippen molar-refractivity contribution in [2.45, 2.75) is 18.6 Å². The van der Waals surface area contributed by atoms with Crippen LogP contribution >= 0.6 is 0 Å². The fourth-order valence-electron chi connectivity index (χ4n) is 3.56. The third-order valence-electron chi connectivity index (χ3n) is 5.19. The number of amides is 4. The topological polar surface area (TPSA) is 117 Å². The number of methoxy groups -OCH3 is 1. The van der Waals surface area contributed by atoms with Crippen LogP contribution in [0.2, 0.25) is 0 Å². The minimum atomic E-state index is -1.58. The number of carbonyl (C=O) groups excluding carboxylic acids is 3. The minimum Gasteiger partial charge on any atom is -0.497 e. The fraction of sp³-hybridized carbons (Fsp3) is 0.227. The molecule has 0 unspecified atom stereocenters. The van der Waals surface area contributed by atoms with Gasteiger partial charge < -0.3 is 15.0 Å². The summed E-state index contributed by atoms with van der Waals surface area (Å²) in [7, 11) is 1.52. The van der Waals surface area contributed by atoms with Gasteiger partial charge in [0, 0.05) is 17.7 Å². The first-order valence-electron chi connectivity index (χ1n) is 9.45. The van der Waals surface area contributed by atoms with E-state index in [1.54, 1.807) is 42.5 Å². The first-order chi connectivity index (χ1) is 14.9. The molecule has 2 heterocycles. The number of ether oxygens (including phenoxy) is 1. The highest BCUT2D eigenvalue weighted by Gasteiger charge is 2.48. The van der Waals surface area contributed by atoms with Crippen molar-refractivity contribution >= 4 is 17.8 Å². The highest BCUT2D eigenvalue weighted by Crippen LogP contribution is 2.28. The molecule has 9 nitrogen and oxygen atoms in total. The van der Waals surface area contributed by atoms with Gasteiger partial charge in [-0.3, -0.25) is 14.9 Å². The van der Waals surface area contributed by atoms with Crippen molar-refractivity contribution in [1.29, 1.82) is 0 Å². The lowest BCUT2D eigenvalue weighted by Gasteiger charge is -2.26. The maximum atomic E-state index is 12.9. The van der Waals surface area contributed by atoms with Gasteiger partial charge in [0.25, 0.3) is 11.8 Å². The molecule has 0 spiro atoms. The number of imide groups is 1. The van der Waals surface area contributed by atoms with Crippen molar-refractivity contribution in [3.8, 4) is 17.6 Å². The average Bonchev–Trinajstić information content (AvgIpc) is 3.22. The molecule has 2 aromatic carbocycles. The summed E-state index contributed by atoms with van der Waals surface area (Å²) >= 11 is 0. The van der Waals surface area contributed by atoms with Crippen LogP contribution in [0, 0.1) is 16.7 Å². The molecule has 1 saturated heterocycles. The molecule has 0 saturated carbocycles. The second-order valence-corrected chi connectivity index (χ2v) is 7.23. The summed E-state index contributed by atoms with van der Waals surface area (Å²) < 4.78 is 5.18. The highest BCUT2D eigenvalue weighted by molar-refractivity contribution is 6.10. The molecule has 2 aliphatic rings. The van der Waals surface area contributed by atoms with E-state index in [1.165, 1.54) is 12.0 Å². The normalized spacial score (nSPS) is 19.3. The minimum absolute atomic E-state index is 0.0541. The Morgan fingerprint density at radius 2 is 1.94 bits per heavy atom. The Balaban J connectivity index is 1.61. The van der Waals surface area contributed by atoms with Crippen LogP contribution in [0.3, 0.4) is 0 Å². The zero-order valence-electron chi connectivity index (χ0n) is 16.6. The molecular weight excluding hydrogens is 400 g/mol. The Kier molecular flexibility index (Phi) is 5.13. The molecule has 2 aromatic rings. The van der Waals surface area contributed by atoms with Gasteiger partial charge in [0.1, 0.15) is 12.3 Å². The number of benzene rings is 2. The van der Waals surface area contributed by atoms with Gasteiger partial charge in [-0.05, 0) is 35.4 Å². The summed E-state index contributed by atoms with van der Waals surface area (Å²) in [6.07, 6.45) is 0. The van der Waals surface area contributed by atoms with E-state index in [0.717, 1.165) is 11.1 Å². The van der Waals surface area contributed by atoms with Crippen molar-refractivity contribution < 1.29 is 19.1 Å². The zero-order chi connectivity index (χ0) is 22.0. The second-order valence-electron chi connectivity index (χ2n) is 7.23. The summed E-state index contributed by atoms with van der Waals surface area (Å²) in [5.74, 6) is 5.40. The van der Waals surface area contributed by atoms with Crippen LogP contribution < -0.4 is 15.4 Å². The lowest BCUT2D eigenvalue weighted by Crippen LogP contribution is -2.54. The third-order valence-corrected chi connectivity index (χ3v) is 5.19. The van der Waals surface area contributed by atoms with E-state index in [2.05, 4.69) is 27.7 Å². The van der Waals surface area contributed by atoms with E-state index in [-0.39, 0.29) is 25.5 Å². The van der Waals surface area contributed by atoms with E-state index in [9.17, 15) is 19.3 Å². The van der Waals surface area contributed by atoms with Crippen molar-refractivity contribution in [3.63, 3.8) is 0 Å². The van der Waals surface area contributed by atoms with Gasteiger partial charge >= 0.3 is 6.03 Å². The molecule has 1 atom stereocenters. The van der Waals surface area contributed by atoms with Crippen molar-refractivity contribution in [2.75, 3.05) is 13.7 Å². The Morgan fingerprint density at radius 3 is 2.58 bits per heavy atom. The van der Waals surface area contributed by atoms with E-state index >= 15 is 0 Å². The van der Waals surface area contributed by atoms with Crippen LogP contribution in [-0.4, -0.2) is 41.9 Å². The van der Waals surface area contributed by atoms with Crippen molar-refractivity contribution in [2.24, 2.45) is 5.18 Å². The number of nitroso groups, excluding NO2 is 1. The third kappa shape index (κ3) is 3.83. The van der Waals surface area contributed by atoms with Gasteiger partial charge in [-0.2, -0.15) is 4.91 Å². The van der Waals surface area contributed by atoms with Gasteiger partial charge in [-0.1, -0.05) is 35.2 Å². The number of fused-ring (bicyclic) bond motifs is 1. The van der Waals surface area contributed by atoms with Crippen LogP contribution in [0.1, 0.15) is 27.0 Å². The van der Waals surface area contributed by atoms with Crippen molar-refractivity contribution in [3.05, 3.63) is 69.6 Å². The molecule has 4 amide bonds. The standard InChI is InChI=1S/C22H18N4O5/c1-31-17-7-6-16-12-26(19(27)18(16)10-17)13-22(20(28)24-21(29)25-22)9-8-14-2-4-15(5-3-14)11-23-30/h2-7,10H,11-13H2,1H3,(H2,24,25,28,29)/t22-/m1/s1. The summed E-state index contributed by atoms with van der Waals surface area (Å²) in [6.45, 7) is 0.233. The zero-order valence-corrected chi connectivity index (χ0v) is 16.6. The Labute approximate surface area is 177 Å². The first-order valence-corrected chi connectivity index (χ1v) is 9.45. The van der Waals surface area contributed by atoms with Crippen LogP contribution in [0.25, 0.3) is 0 Å². The number of rotatable bonds is 5. The van der Waals surface area contributed by atoms with Crippen LogP contribution in [0.15, 0.2) is 47.6 Å². The van der Waals surface area contributed by atoms with Gasteiger partial charge in [0.15, 0.2) is 0 Å². The van der Waals surface area contributed by atoms with E-state index < -0.39 is 17.5 Å². The lowest BCUT2D eigenvalue weighted by atomic mass is 9.99. The molecule has 0 aromatic heterocycles. The number of nitrogens with one attached hydrogen (secondary N) is 2. The lowest BCUT2D eigenvalue weighted by molar-refractivity contribution is -0.122. The number of urea groups is 1. The van der Waals surface area contributed by atoms with Gasteiger partial charge in [-0.25, -0.2) is 4.79 Å². The molecule has 2 N–H and O–H groups in total. The molecule has 0 aliphatic carbocycles. The van der Waals surface area contributed by atoms with E-state index in [4.69, 9.17) is 4.74 Å². The fourth-order valence-corrected chi connectivity index (χ4v) is 3.56. The number of nitrogens with zero attached hydrogens (tertiary/aromatic N) is 2. The highest BCUT2D eigenvalue weighted by atomic mass is 16.5.